The van der Waals surface area contributed by atoms with E-state index >= 15 is 0 Å². The SMILES string of the molecule is CCN(CC)c1ccc(NC(=O)C2CCCN(c3ccc(-c4cccs4)nn3)C2)cc1. The molecule has 31 heavy (non-hydrogen) atoms. The van der Waals surface area contributed by atoms with Crippen molar-refractivity contribution in [3.05, 3.63) is 53.9 Å². The third kappa shape index (κ3) is 5.05. The lowest BCUT2D eigenvalue weighted by Crippen LogP contribution is -2.41. The maximum Gasteiger partial charge on any atom is 0.229 e. The fourth-order valence-electron chi connectivity index (χ4n) is 4.04. The molecular weight excluding hydrogens is 406 g/mol. The lowest BCUT2D eigenvalue weighted by molar-refractivity contribution is -0.120. The topological polar surface area (TPSA) is 61.4 Å². The quantitative estimate of drug-likeness (QED) is 0.572. The van der Waals surface area contributed by atoms with Crippen LogP contribution in [0.15, 0.2) is 53.9 Å². The lowest BCUT2D eigenvalue weighted by atomic mass is 9.97. The Hall–Kier alpha value is -2.93. The molecule has 1 aromatic carbocycles. The summed E-state index contributed by atoms with van der Waals surface area (Å²) in [5.41, 5.74) is 2.91. The minimum absolute atomic E-state index is 0.0602. The van der Waals surface area contributed by atoms with Gasteiger partial charge in [0.05, 0.1) is 10.8 Å². The fourth-order valence-corrected chi connectivity index (χ4v) is 4.73. The molecule has 1 atom stereocenters. The van der Waals surface area contributed by atoms with Gasteiger partial charge in [-0.3, -0.25) is 4.79 Å². The molecule has 7 heteroatoms. The molecule has 1 unspecified atom stereocenters. The monoisotopic (exact) mass is 435 g/mol. The second-order valence-electron chi connectivity index (χ2n) is 7.75. The normalized spacial score (nSPS) is 16.2. The van der Waals surface area contributed by atoms with Crippen LogP contribution in [0.3, 0.4) is 0 Å². The molecule has 0 saturated carbocycles. The molecule has 0 bridgehead atoms. The van der Waals surface area contributed by atoms with Crippen LogP contribution in [0.1, 0.15) is 26.7 Å². The molecule has 162 valence electrons. The van der Waals surface area contributed by atoms with Gasteiger partial charge in [0.25, 0.3) is 0 Å². The second-order valence-corrected chi connectivity index (χ2v) is 8.70. The van der Waals surface area contributed by atoms with E-state index in [4.69, 9.17) is 0 Å². The molecule has 1 aliphatic heterocycles. The van der Waals surface area contributed by atoms with Crippen LogP contribution in [0, 0.1) is 5.92 Å². The summed E-state index contributed by atoms with van der Waals surface area (Å²) >= 11 is 1.66. The summed E-state index contributed by atoms with van der Waals surface area (Å²) in [4.78, 5) is 18.5. The van der Waals surface area contributed by atoms with Crippen LogP contribution < -0.4 is 15.1 Å². The number of rotatable bonds is 7. The number of piperidine rings is 1. The molecular formula is C24H29N5OS. The third-order valence-corrected chi connectivity index (χ3v) is 6.70. The number of hydrogen-bond donors (Lipinski definition) is 1. The maximum atomic E-state index is 12.9. The van der Waals surface area contributed by atoms with Crippen LogP contribution in [0.4, 0.5) is 17.2 Å². The standard InChI is InChI=1S/C24H29N5OS/c1-3-28(4-2)20-11-9-19(10-12-20)25-24(30)18-7-5-15-29(17-18)23-14-13-21(26-27-23)22-8-6-16-31-22/h6,8-14,16,18H,3-5,7,15,17H2,1-2H3,(H,25,30). The van der Waals surface area contributed by atoms with Gasteiger partial charge < -0.3 is 15.1 Å². The van der Waals surface area contributed by atoms with Gasteiger partial charge in [0.15, 0.2) is 5.82 Å². The Bertz CT molecular complexity index is 968. The number of nitrogens with zero attached hydrogens (tertiary/aromatic N) is 4. The first kappa shape index (κ1) is 21.3. The predicted octanol–water partition coefficient (Wildman–Crippen LogP) is 4.91. The van der Waals surface area contributed by atoms with Gasteiger partial charge in [0.2, 0.25) is 5.91 Å². The zero-order valence-corrected chi connectivity index (χ0v) is 18.9. The van der Waals surface area contributed by atoms with E-state index in [2.05, 4.69) is 51.3 Å². The Morgan fingerprint density at radius 2 is 1.94 bits per heavy atom. The maximum absolute atomic E-state index is 12.9. The fraction of sp³-hybridized carbons (Fsp3) is 0.375. The molecule has 1 N–H and O–H groups in total. The first-order valence-corrected chi connectivity index (χ1v) is 11.8. The van der Waals surface area contributed by atoms with Crippen molar-refractivity contribution in [2.75, 3.05) is 41.3 Å². The molecule has 6 nitrogen and oxygen atoms in total. The highest BCUT2D eigenvalue weighted by Gasteiger charge is 2.27. The minimum atomic E-state index is -0.0602. The Morgan fingerprint density at radius 3 is 2.58 bits per heavy atom. The number of aromatic nitrogens is 2. The van der Waals surface area contributed by atoms with Crippen molar-refractivity contribution in [2.24, 2.45) is 5.92 Å². The first-order chi connectivity index (χ1) is 15.2. The van der Waals surface area contributed by atoms with Crippen molar-refractivity contribution in [3.8, 4) is 10.6 Å². The summed E-state index contributed by atoms with van der Waals surface area (Å²) < 4.78 is 0. The number of amides is 1. The molecule has 2 aromatic heterocycles. The Balaban J connectivity index is 1.37. The summed E-state index contributed by atoms with van der Waals surface area (Å²) in [6.07, 6.45) is 1.86. The Labute approximate surface area is 187 Å². The number of carbonyl (C=O) groups is 1. The summed E-state index contributed by atoms with van der Waals surface area (Å²) in [5.74, 6) is 0.847. The van der Waals surface area contributed by atoms with Gasteiger partial charge >= 0.3 is 0 Å². The molecule has 0 spiro atoms. The molecule has 3 aromatic rings. The van der Waals surface area contributed by atoms with Gasteiger partial charge in [0.1, 0.15) is 5.69 Å². The summed E-state index contributed by atoms with van der Waals surface area (Å²) in [5, 5.41) is 13.9. The number of anilines is 3. The molecule has 0 radical (unpaired) electrons. The highest BCUT2D eigenvalue weighted by molar-refractivity contribution is 7.13. The van der Waals surface area contributed by atoms with Crippen LogP contribution in [-0.2, 0) is 4.79 Å². The van der Waals surface area contributed by atoms with E-state index < -0.39 is 0 Å². The van der Waals surface area contributed by atoms with E-state index in [1.807, 2.05) is 41.8 Å². The highest BCUT2D eigenvalue weighted by atomic mass is 32.1. The van der Waals surface area contributed by atoms with Crippen molar-refractivity contribution in [1.82, 2.24) is 10.2 Å². The molecule has 1 aliphatic rings. The lowest BCUT2D eigenvalue weighted by Gasteiger charge is -2.32. The van der Waals surface area contributed by atoms with Crippen molar-refractivity contribution < 1.29 is 4.79 Å². The van der Waals surface area contributed by atoms with Gasteiger partial charge in [0, 0.05) is 37.6 Å². The van der Waals surface area contributed by atoms with Crippen LogP contribution in [-0.4, -0.2) is 42.3 Å². The van der Waals surface area contributed by atoms with Crippen molar-refractivity contribution >= 4 is 34.4 Å². The minimum Gasteiger partial charge on any atom is -0.372 e. The van der Waals surface area contributed by atoms with Gasteiger partial charge in [-0.25, -0.2) is 0 Å². The first-order valence-electron chi connectivity index (χ1n) is 11.0. The average Bonchev–Trinajstić information content (AvgIpc) is 3.36. The van der Waals surface area contributed by atoms with Gasteiger partial charge in [-0.1, -0.05) is 6.07 Å². The van der Waals surface area contributed by atoms with E-state index in [0.717, 1.165) is 54.6 Å². The Kier molecular flexibility index (Phi) is 6.82. The van der Waals surface area contributed by atoms with Crippen LogP contribution >= 0.6 is 11.3 Å². The van der Waals surface area contributed by atoms with E-state index in [1.165, 1.54) is 5.69 Å². The molecule has 1 fully saturated rings. The Morgan fingerprint density at radius 1 is 1.13 bits per heavy atom. The largest absolute Gasteiger partial charge is 0.372 e. The van der Waals surface area contributed by atoms with Crippen LogP contribution in [0.25, 0.3) is 10.6 Å². The zero-order valence-electron chi connectivity index (χ0n) is 18.1. The summed E-state index contributed by atoms with van der Waals surface area (Å²) in [6.45, 7) is 7.79. The van der Waals surface area contributed by atoms with Gasteiger partial charge in [-0.2, -0.15) is 0 Å². The van der Waals surface area contributed by atoms with Crippen molar-refractivity contribution in [1.29, 1.82) is 0 Å². The number of nitrogens with one attached hydrogen (secondary N) is 1. The van der Waals surface area contributed by atoms with E-state index in [-0.39, 0.29) is 11.8 Å². The predicted molar refractivity (Wildman–Crippen MR) is 129 cm³/mol. The number of carbonyl (C=O) groups excluding carboxylic acids is 1. The van der Waals surface area contributed by atoms with Crippen molar-refractivity contribution in [2.45, 2.75) is 26.7 Å². The average molecular weight is 436 g/mol. The summed E-state index contributed by atoms with van der Waals surface area (Å²) in [6, 6.07) is 16.2. The van der Waals surface area contributed by atoms with Gasteiger partial charge in [-0.15, -0.1) is 21.5 Å². The van der Waals surface area contributed by atoms with E-state index in [9.17, 15) is 4.79 Å². The molecule has 3 heterocycles. The van der Waals surface area contributed by atoms with E-state index in [0.29, 0.717) is 6.54 Å². The summed E-state index contributed by atoms with van der Waals surface area (Å²) in [7, 11) is 0. The zero-order chi connectivity index (χ0) is 21.6. The van der Waals surface area contributed by atoms with Gasteiger partial charge in [-0.05, 0) is 74.5 Å². The molecule has 1 saturated heterocycles. The third-order valence-electron chi connectivity index (χ3n) is 5.80. The molecule has 1 amide bonds. The molecule has 4 rings (SSSR count). The number of thiophene rings is 1. The molecule has 0 aliphatic carbocycles. The van der Waals surface area contributed by atoms with Crippen LogP contribution in [0.2, 0.25) is 0 Å². The van der Waals surface area contributed by atoms with Crippen LogP contribution in [0.5, 0.6) is 0 Å². The smallest absolute Gasteiger partial charge is 0.229 e. The highest BCUT2D eigenvalue weighted by Crippen LogP contribution is 2.26. The second kappa shape index (κ2) is 9.92. The number of hydrogen-bond acceptors (Lipinski definition) is 6. The van der Waals surface area contributed by atoms with Crippen molar-refractivity contribution in [3.63, 3.8) is 0 Å². The number of benzene rings is 1. The van der Waals surface area contributed by atoms with E-state index in [1.54, 1.807) is 11.3 Å².